The van der Waals surface area contributed by atoms with Gasteiger partial charge in [-0.3, -0.25) is 4.79 Å². The molecule has 2 N–H and O–H groups in total. The fourth-order valence-corrected chi connectivity index (χ4v) is 2.25. The summed E-state index contributed by atoms with van der Waals surface area (Å²) in [5.41, 5.74) is 4.14. The number of aromatic amines is 1. The van der Waals surface area contributed by atoms with E-state index in [0.29, 0.717) is 0 Å². The van der Waals surface area contributed by atoms with Crippen molar-refractivity contribution in [3.8, 4) is 11.3 Å². The Morgan fingerprint density at radius 2 is 1.76 bits per heavy atom. The number of aromatic nitrogens is 1. The van der Waals surface area contributed by atoms with Gasteiger partial charge in [0.05, 0.1) is 0 Å². The Balaban J connectivity index is 1.85. The Bertz CT molecular complexity index is 736. The Kier molecular flexibility index (Phi) is 3.48. The second-order valence-corrected chi connectivity index (χ2v) is 5.49. The number of hydrogen-bond acceptors (Lipinski definition) is 1. The summed E-state index contributed by atoms with van der Waals surface area (Å²) in [6.07, 6.45) is 0. The third-order valence-electron chi connectivity index (χ3n) is 3.52. The van der Waals surface area contributed by atoms with Gasteiger partial charge >= 0.3 is 0 Å². The number of H-pyrrole nitrogens is 1. The minimum atomic E-state index is -0.0154. The molecule has 0 bridgehead atoms. The van der Waals surface area contributed by atoms with E-state index in [1.54, 1.807) is 0 Å². The van der Waals surface area contributed by atoms with E-state index in [2.05, 4.69) is 28.5 Å². The van der Waals surface area contributed by atoms with Crippen LogP contribution in [0.2, 0.25) is 0 Å². The maximum Gasteiger partial charge on any atom is 0.226 e. The third kappa shape index (κ3) is 2.82. The lowest BCUT2D eigenvalue weighted by molar-refractivity contribution is -0.118. The van der Waals surface area contributed by atoms with Gasteiger partial charge in [0.2, 0.25) is 5.91 Å². The van der Waals surface area contributed by atoms with E-state index in [4.69, 9.17) is 0 Å². The first-order chi connectivity index (χ1) is 10.1. The van der Waals surface area contributed by atoms with Crippen LogP contribution in [-0.4, -0.2) is 10.9 Å². The first-order valence-corrected chi connectivity index (χ1v) is 7.12. The summed E-state index contributed by atoms with van der Waals surface area (Å²) in [5, 5.41) is 4.10. The Labute approximate surface area is 124 Å². The molecule has 0 unspecified atom stereocenters. The zero-order valence-corrected chi connectivity index (χ0v) is 12.2. The summed E-state index contributed by atoms with van der Waals surface area (Å²) in [5.74, 6) is 0.0201. The molecule has 0 aliphatic heterocycles. The number of anilines is 1. The topological polar surface area (TPSA) is 44.9 Å². The molecule has 0 aliphatic rings. The van der Waals surface area contributed by atoms with E-state index in [1.807, 2.05) is 50.2 Å². The van der Waals surface area contributed by atoms with E-state index in [9.17, 15) is 4.79 Å². The van der Waals surface area contributed by atoms with Gasteiger partial charge in [0.25, 0.3) is 0 Å². The lowest BCUT2D eigenvalue weighted by Crippen LogP contribution is -2.17. The van der Waals surface area contributed by atoms with Crippen molar-refractivity contribution in [2.45, 2.75) is 13.8 Å². The first-order valence-electron chi connectivity index (χ1n) is 7.12. The highest BCUT2D eigenvalue weighted by Gasteiger charge is 2.07. The highest BCUT2D eigenvalue weighted by molar-refractivity contribution is 5.92. The van der Waals surface area contributed by atoms with Crippen molar-refractivity contribution >= 4 is 22.5 Å². The summed E-state index contributed by atoms with van der Waals surface area (Å²) in [4.78, 5) is 15.1. The van der Waals surface area contributed by atoms with Gasteiger partial charge in [0.15, 0.2) is 0 Å². The SMILES string of the molecule is CC(C)C(=O)Nc1ccc(-c2cc3ccccc3[nH]2)cc1. The molecule has 3 aromatic rings. The fourth-order valence-electron chi connectivity index (χ4n) is 2.25. The van der Waals surface area contributed by atoms with Gasteiger partial charge < -0.3 is 10.3 Å². The average Bonchev–Trinajstić information content (AvgIpc) is 2.91. The molecule has 3 heteroatoms. The van der Waals surface area contributed by atoms with Gasteiger partial charge in [-0.15, -0.1) is 0 Å². The van der Waals surface area contributed by atoms with Crippen molar-refractivity contribution in [3.63, 3.8) is 0 Å². The molecule has 0 spiro atoms. The quantitative estimate of drug-likeness (QED) is 0.731. The van der Waals surface area contributed by atoms with Crippen LogP contribution >= 0.6 is 0 Å². The number of benzene rings is 2. The van der Waals surface area contributed by atoms with Crippen molar-refractivity contribution in [1.82, 2.24) is 4.98 Å². The molecule has 3 rings (SSSR count). The summed E-state index contributed by atoms with van der Waals surface area (Å²) in [7, 11) is 0. The van der Waals surface area contributed by atoms with Crippen LogP contribution in [0.3, 0.4) is 0 Å². The van der Waals surface area contributed by atoms with Crippen LogP contribution in [0.15, 0.2) is 54.6 Å². The predicted molar refractivity (Wildman–Crippen MR) is 87.2 cm³/mol. The minimum Gasteiger partial charge on any atom is -0.355 e. The molecule has 3 nitrogen and oxygen atoms in total. The number of rotatable bonds is 3. The average molecular weight is 278 g/mol. The summed E-state index contributed by atoms with van der Waals surface area (Å²) < 4.78 is 0. The molecule has 1 aromatic heterocycles. The second-order valence-electron chi connectivity index (χ2n) is 5.49. The number of para-hydroxylation sites is 1. The monoisotopic (exact) mass is 278 g/mol. The molecule has 0 fully saturated rings. The number of fused-ring (bicyclic) bond motifs is 1. The predicted octanol–water partition coefficient (Wildman–Crippen LogP) is 4.43. The highest BCUT2D eigenvalue weighted by Crippen LogP contribution is 2.25. The van der Waals surface area contributed by atoms with Gasteiger partial charge in [-0.1, -0.05) is 44.2 Å². The van der Waals surface area contributed by atoms with E-state index >= 15 is 0 Å². The van der Waals surface area contributed by atoms with Crippen molar-refractivity contribution in [2.24, 2.45) is 5.92 Å². The zero-order chi connectivity index (χ0) is 14.8. The second kappa shape index (κ2) is 5.44. The maximum atomic E-state index is 11.7. The van der Waals surface area contributed by atoms with Crippen LogP contribution in [0.5, 0.6) is 0 Å². The molecule has 0 radical (unpaired) electrons. The summed E-state index contributed by atoms with van der Waals surface area (Å²) in [6, 6.07) is 18.2. The number of nitrogens with one attached hydrogen (secondary N) is 2. The van der Waals surface area contributed by atoms with Crippen LogP contribution in [0.1, 0.15) is 13.8 Å². The molecular weight excluding hydrogens is 260 g/mol. The van der Waals surface area contributed by atoms with Crippen molar-refractivity contribution in [1.29, 1.82) is 0 Å². The van der Waals surface area contributed by atoms with Crippen LogP contribution in [-0.2, 0) is 4.79 Å². The molecular formula is C18H18N2O. The number of hydrogen-bond donors (Lipinski definition) is 2. The third-order valence-corrected chi connectivity index (χ3v) is 3.52. The molecule has 2 aromatic carbocycles. The Morgan fingerprint density at radius 1 is 1.05 bits per heavy atom. The molecule has 0 saturated carbocycles. The van der Waals surface area contributed by atoms with Gasteiger partial charge in [0, 0.05) is 28.2 Å². The van der Waals surface area contributed by atoms with Crippen LogP contribution < -0.4 is 5.32 Å². The standard InChI is InChI=1S/C18H18N2O/c1-12(2)18(21)19-15-9-7-13(8-10-15)17-11-14-5-3-4-6-16(14)20-17/h3-12,20H,1-2H3,(H,19,21). The maximum absolute atomic E-state index is 11.7. The molecule has 1 amide bonds. The van der Waals surface area contributed by atoms with Gasteiger partial charge in [-0.2, -0.15) is 0 Å². The van der Waals surface area contributed by atoms with Crippen LogP contribution in [0, 0.1) is 5.92 Å². The number of amides is 1. The summed E-state index contributed by atoms with van der Waals surface area (Å²) in [6.45, 7) is 3.77. The lowest BCUT2D eigenvalue weighted by Gasteiger charge is -2.08. The molecule has 0 aliphatic carbocycles. The molecule has 0 atom stereocenters. The van der Waals surface area contributed by atoms with E-state index in [0.717, 1.165) is 22.5 Å². The van der Waals surface area contributed by atoms with Crippen molar-refractivity contribution in [2.75, 3.05) is 5.32 Å². The molecule has 0 saturated heterocycles. The summed E-state index contributed by atoms with van der Waals surface area (Å²) >= 11 is 0. The van der Waals surface area contributed by atoms with Crippen LogP contribution in [0.25, 0.3) is 22.2 Å². The number of carbonyl (C=O) groups excluding carboxylic acids is 1. The highest BCUT2D eigenvalue weighted by atomic mass is 16.1. The van der Waals surface area contributed by atoms with E-state index < -0.39 is 0 Å². The lowest BCUT2D eigenvalue weighted by atomic mass is 10.1. The van der Waals surface area contributed by atoms with Crippen molar-refractivity contribution in [3.05, 3.63) is 54.6 Å². The van der Waals surface area contributed by atoms with Gasteiger partial charge in [0.1, 0.15) is 0 Å². The fraction of sp³-hybridized carbons (Fsp3) is 0.167. The number of carbonyl (C=O) groups is 1. The molecule has 106 valence electrons. The minimum absolute atomic E-state index is 0.0154. The zero-order valence-electron chi connectivity index (χ0n) is 12.2. The normalized spacial score (nSPS) is 11.0. The smallest absolute Gasteiger partial charge is 0.226 e. The van der Waals surface area contributed by atoms with Gasteiger partial charge in [-0.05, 0) is 29.8 Å². The first kappa shape index (κ1) is 13.4. The molecule has 21 heavy (non-hydrogen) atoms. The van der Waals surface area contributed by atoms with E-state index in [-0.39, 0.29) is 11.8 Å². The largest absolute Gasteiger partial charge is 0.355 e. The molecule has 1 heterocycles. The van der Waals surface area contributed by atoms with Crippen LogP contribution in [0.4, 0.5) is 5.69 Å². The Hall–Kier alpha value is -2.55. The van der Waals surface area contributed by atoms with Gasteiger partial charge in [-0.25, -0.2) is 0 Å². The van der Waals surface area contributed by atoms with E-state index in [1.165, 1.54) is 5.39 Å². The Morgan fingerprint density at radius 3 is 2.43 bits per heavy atom. The van der Waals surface area contributed by atoms with Crippen molar-refractivity contribution < 1.29 is 4.79 Å².